The van der Waals surface area contributed by atoms with Crippen LogP contribution in [0.2, 0.25) is 0 Å². The van der Waals surface area contributed by atoms with Gasteiger partial charge in [0, 0.05) is 19.4 Å². The number of carboxylic acids is 1. The lowest BCUT2D eigenvalue weighted by Crippen LogP contribution is -2.05. The molecule has 18 heavy (non-hydrogen) atoms. The van der Waals surface area contributed by atoms with Crippen molar-refractivity contribution in [3.8, 4) is 5.75 Å². The van der Waals surface area contributed by atoms with Gasteiger partial charge in [0.1, 0.15) is 18.2 Å². The van der Waals surface area contributed by atoms with Crippen LogP contribution in [0.4, 0.5) is 0 Å². The van der Waals surface area contributed by atoms with Gasteiger partial charge < -0.3 is 14.4 Å². The molecule has 0 radical (unpaired) electrons. The molecule has 1 aromatic heterocycles. The minimum atomic E-state index is -0.961. The lowest BCUT2D eigenvalue weighted by Gasteiger charge is -2.09. The summed E-state index contributed by atoms with van der Waals surface area (Å²) >= 11 is 0. The number of ether oxygens (including phenoxy) is 1. The van der Waals surface area contributed by atoms with E-state index in [-0.39, 0.29) is 5.56 Å². The van der Waals surface area contributed by atoms with E-state index < -0.39 is 5.97 Å². The van der Waals surface area contributed by atoms with Crippen molar-refractivity contribution < 1.29 is 14.6 Å². The summed E-state index contributed by atoms with van der Waals surface area (Å²) in [7, 11) is 1.88. The zero-order valence-corrected chi connectivity index (χ0v) is 10.3. The first kappa shape index (κ1) is 12.2. The fourth-order valence-corrected chi connectivity index (χ4v) is 1.57. The molecule has 0 saturated carbocycles. The highest BCUT2D eigenvalue weighted by molar-refractivity contribution is 5.88. The number of carbonyl (C=O) groups is 1. The summed E-state index contributed by atoms with van der Waals surface area (Å²) in [5, 5.41) is 8.92. The molecule has 0 spiro atoms. The summed E-state index contributed by atoms with van der Waals surface area (Å²) < 4.78 is 7.46. The van der Waals surface area contributed by atoms with Crippen molar-refractivity contribution in [3.05, 3.63) is 47.5 Å². The fourth-order valence-electron chi connectivity index (χ4n) is 1.57. The molecule has 1 heterocycles. The van der Waals surface area contributed by atoms with Crippen LogP contribution in [-0.4, -0.2) is 20.6 Å². The Morgan fingerprint density at radius 3 is 2.89 bits per heavy atom. The lowest BCUT2D eigenvalue weighted by molar-refractivity contribution is 0.0696. The van der Waals surface area contributed by atoms with Crippen LogP contribution in [-0.2, 0) is 13.7 Å². The molecule has 0 fully saturated rings. The number of aromatic carboxylic acids is 1. The van der Waals surface area contributed by atoms with Gasteiger partial charge >= 0.3 is 5.97 Å². The average molecular weight is 246 g/mol. The molecular weight excluding hydrogens is 232 g/mol. The van der Waals surface area contributed by atoms with Crippen LogP contribution in [0.15, 0.2) is 30.6 Å². The van der Waals surface area contributed by atoms with Crippen LogP contribution >= 0.6 is 0 Å². The molecule has 5 nitrogen and oxygen atoms in total. The molecule has 1 aromatic carbocycles. The lowest BCUT2D eigenvalue weighted by atomic mass is 10.1. The predicted octanol–water partition coefficient (Wildman–Crippen LogP) is 2.01. The number of hydrogen-bond acceptors (Lipinski definition) is 3. The van der Waals surface area contributed by atoms with E-state index in [0.29, 0.717) is 12.4 Å². The molecule has 0 aliphatic rings. The average Bonchev–Trinajstić information content (AvgIpc) is 2.73. The van der Waals surface area contributed by atoms with Crippen LogP contribution in [0.1, 0.15) is 21.7 Å². The van der Waals surface area contributed by atoms with E-state index in [0.717, 1.165) is 11.4 Å². The number of aryl methyl sites for hydroxylation is 2. The van der Waals surface area contributed by atoms with E-state index in [4.69, 9.17) is 9.84 Å². The van der Waals surface area contributed by atoms with Crippen molar-refractivity contribution in [2.24, 2.45) is 7.05 Å². The van der Waals surface area contributed by atoms with Crippen molar-refractivity contribution >= 4 is 5.97 Å². The number of imidazole rings is 1. The highest BCUT2D eigenvalue weighted by Gasteiger charge is 2.08. The SMILES string of the molecule is Cc1ccc(C(=O)O)cc1OCc1nccn1C. The minimum absolute atomic E-state index is 0.218. The number of benzene rings is 1. The fraction of sp³-hybridized carbons (Fsp3) is 0.231. The Morgan fingerprint density at radius 1 is 1.50 bits per heavy atom. The van der Waals surface area contributed by atoms with E-state index in [1.54, 1.807) is 18.3 Å². The number of nitrogens with zero attached hydrogens (tertiary/aromatic N) is 2. The highest BCUT2D eigenvalue weighted by Crippen LogP contribution is 2.20. The maximum atomic E-state index is 10.9. The first-order valence-electron chi connectivity index (χ1n) is 5.51. The van der Waals surface area contributed by atoms with E-state index in [1.165, 1.54) is 6.07 Å². The van der Waals surface area contributed by atoms with Crippen LogP contribution in [0.5, 0.6) is 5.75 Å². The maximum absolute atomic E-state index is 10.9. The summed E-state index contributed by atoms with van der Waals surface area (Å²) in [6.45, 7) is 2.19. The van der Waals surface area contributed by atoms with E-state index in [9.17, 15) is 4.79 Å². The van der Waals surface area contributed by atoms with Gasteiger partial charge in [-0.2, -0.15) is 0 Å². The number of carboxylic acid groups (broad SMARTS) is 1. The summed E-state index contributed by atoms with van der Waals surface area (Å²) in [4.78, 5) is 15.0. The Kier molecular flexibility index (Phi) is 3.32. The highest BCUT2D eigenvalue weighted by atomic mass is 16.5. The van der Waals surface area contributed by atoms with Gasteiger partial charge in [-0.1, -0.05) is 6.07 Å². The maximum Gasteiger partial charge on any atom is 0.335 e. The van der Waals surface area contributed by atoms with Crippen molar-refractivity contribution in [2.75, 3.05) is 0 Å². The molecule has 0 atom stereocenters. The molecule has 0 aliphatic carbocycles. The molecule has 2 rings (SSSR count). The van der Waals surface area contributed by atoms with Crippen LogP contribution in [0, 0.1) is 6.92 Å². The summed E-state index contributed by atoms with van der Waals surface area (Å²) in [5.74, 6) is 0.393. The number of rotatable bonds is 4. The summed E-state index contributed by atoms with van der Waals surface area (Å²) in [6.07, 6.45) is 3.53. The Bertz CT molecular complexity index is 575. The first-order chi connectivity index (χ1) is 8.58. The second-order valence-electron chi connectivity index (χ2n) is 4.03. The third-order valence-electron chi connectivity index (χ3n) is 2.71. The van der Waals surface area contributed by atoms with E-state index >= 15 is 0 Å². The normalized spacial score (nSPS) is 10.3. The van der Waals surface area contributed by atoms with Gasteiger partial charge in [0.25, 0.3) is 0 Å². The summed E-state index contributed by atoms with van der Waals surface area (Å²) in [6, 6.07) is 4.82. The molecule has 5 heteroatoms. The van der Waals surface area contributed by atoms with Gasteiger partial charge in [0.2, 0.25) is 0 Å². The standard InChI is InChI=1S/C13H14N2O3/c1-9-3-4-10(13(16)17)7-11(9)18-8-12-14-5-6-15(12)2/h3-7H,8H2,1-2H3,(H,16,17). The minimum Gasteiger partial charge on any atom is -0.485 e. The Hall–Kier alpha value is -2.30. The van der Waals surface area contributed by atoms with Gasteiger partial charge in [-0.25, -0.2) is 9.78 Å². The Morgan fingerprint density at radius 2 is 2.28 bits per heavy atom. The van der Waals surface area contributed by atoms with Crippen molar-refractivity contribution in [3.63, 3.8) is 0 Å². The van der Waals surface area contributed by atoms with Gasteiger partial charge in [0.05, 0.1) is 5.56 Å². The zero-order chi connectivity index (χ0) is 13.1. The van der Waals surface area contributed by atoms with Gasteiger partial charge in [-0.15, -0.1) is 0 Å². The second-order valence-corrected chi connectivity index (χ2v) is 4.03. The molecule has 0 unspecified atom stereocenters. The van der Waals surface area contributed by atoms with Gasteiger partial charge in [0.15, 0.2) is 0 Å². The zero-order valence-electron chi connectivity index (χ0n) is 10.3. The largest absolute Gasteiger partial charge is 0.485 e. The van der Waals surface area contributed by atoms with Crippen molar-refractivity contribution in [2.45, 2.75) is 13.5 Å². The molecule has 94 valence electrons. The number of hydrogen-bond donors (Lipinski definition) is 1. The third kappa shape index (κ3) is 2.51. The molecule has 0 saturated heterocycles. The van der Waals surface area contributed by atoms with Crippen LogP contribution < -0.4 is 4.74 Å². The van der Waals surface area contributed by atoms with E-state index in [2.05, 4.69) is 4.98 Å². The summed E-state index contributed by atoms with van der Waals surface area (Å²) in [5.41, 5.74) is 1.12. The quantitative estimate of drug-likeness (QED) is 0.896. The molecule has 0 aliphatic heterocycles. The molecule has 1 N–H and O–H groups in total. The number of aromatic nitrogens is 2. The van der Waals surface area contributed by atoms with Gasteiger partial charge in [-0.05, 0) is 24.6 Å². The predicted molar refractivity (Wildman–Crippen MR) is 65.7 cm³/mol. The third-order valence-corrected chi connectivity index (χ3v) is 2.71. The molecule has 0 bridgehead atoms. The first-order valence-corrected chi connectivity index (χ1v) is 5.51. The molecule has 2 aromatic rings. The van der Waals surface area contributed by atoms with Crippen molar-refractivity contribution in [1.29, 1.82) is 0 Å². The smallest absolute Gasteiger partial charge is 0.335 e. The monoisotopic (exact) mass is 246 g/mol. The Labute approximate surface area is 105 Å². The Balaban J connectivity index is 2.16. The van der Waals surface area contributed by atoms with Gasteiger partial charge in [-0.3, -0.25) is 0 Å². The van der Waals surface area contributed by atoms with Crippen LogP contribution in [0.3, 0.4) is 0 Å². The van der Waals surface area contributed by atoms with E-state index in [1.807, 2.05) is 24.7 Å². The van der Waals surface area contributed by atoms with Crippen LogP contribution in [0.25, 0.3) is 0 Å². The topological polar surface area (TPSA) is 64.3 Å². The second kappa shape index (κ2) is 4.91. The van der Waals surface area contributed by atoms with Crippen molar-refractivity contribution in [1.82, 2.24) is 9.55 Å². The molecular formula is C13H14N2O3. The molecule has 0 amide bonds.